The van der Waals surface area contributed by atoms with Gasteiger partial charge in [-0.15, -0.1) is 0 Å². The highest BCUT2D eigenvalue weighted by Crippen LogP contribution is 2.45. The maximum absolute atomic E-state index is 13.3. The molecule has 0 unspecified atom stereocenters. The van der Waals surface area contributed by atoms with E-state index in [-0.39, 0.29) is 5.78 Å². The number of aromatic nitrogens is 1. The van der Waals surface area contributed by atoms with Crippen molar-refractivity contribution in [3.05, 3.63) is 77.9 Å². The van der Waals surface area contributed by atoms with Crippen molar-refractivity contribution in [3.8, 4) is 22.6 Å². The number of methoxy groups -OCH3 is 2. The maximum Gasteiger partial charge on any atom is 0.195 e. The van der Waals surface area contributed by atoms with E-state index in [1.54, 1.807) is 20.3 Å². The van der Waals surface area contributed by atoms with Gasteiger partial charge in [-0.2, -0.15) is 0 Å². The van der Waals surface area contributed by atoms with E-state index in [1.165, 1.54) is 0 Å². The summed E-state index contributed by atoms with van der Waals surface area (Å²) in [4.78, 5) is 18.2. The van der Waals surface area contributed by atoms with Crippen LogP contribution in [0.25, 0.3) is 22.0 Å². The van der Waals surface area contributed by atoms with Crippen molar-refractivity contribution in [1.29, 1.82) is 0 Å². The lowest BCUT2D eigenvalue weighted by Gasteiger charge is -2.13. The number of hydrogen-bond donors (Lipinski definition) is 1. The number of anilines is 2. The zero-order valence-corrected chi connectivity index (χ0v) is 16.0. The zero-order valence-electron chi connectivity index (χ0n) is 16.0. The number of benzene rings is 3. The molecule has 0 bridgehead atoms. The quantitative estimate of drug-likeness (QED) is 0.462. The topological polar surface area (TPSA) is 60.4 Å². The van der Waals surface area contributed by atoms with Crippen LogP contribution < -0.4 is 14.8 Å². The molecular weight excluding hydrogens is 364 g/mol. The first kappa shape index (κ1) is 17.3. The molecule has 29 heavy (non-hydrogen) atoms. The molecule has 4 aromatic rings. The molecule has 1 aliphatic carbocycles. The Morgan fingerprint density at radius 2 is 1.52 bits per heavy atom. The molecule has 0 fully saturated rings. The monoisotopic (exact) mass is 382 g/mol. The largest absolute Gasteiger partial charge is 0.497 e. The average molecular weight is 382 g/mol. The van der Waals surface area contributed by atoms with E-state index in [2.05, 4.69) is 5.32 Å². The molecule has 3 aromatic carbocycles. The van der Waals surface area contributed by atoms with Crippen LogP contribution >= 0.6 is 0 Å². The standard InChI is InChI=1S/C24H18N2O3/c1-28-15-9-7-14(8-10-15)25-24-22-17-12-11-16(29-2)13-19(17)23(27)21(22)18-5-3-4-6-20(18)26-24/h3-13H,1-2H3,(H,25,26). The summed E-state index contributed by atoms with van der Waals surface area (Å²) in [6, 6.07) is 20.9. The molecule has 0 aliphatic heterocycles. The number of ketones is 1. The number of fused-ring (bicyclic) bond motifs is 5. The third-order valence-corrected chi connectivity index (χ3v) is 5.21. The summed E-state index contributed by atoms with van der Waals surface area (Å²) in [7, 11) is 3.24. The fourth-order valence-corrected chi connectivity index (χ4v) is 3.80. The molecule has 5 nitrogen and oxygen atoms in total. The molecule has 0 radical (unpaired) electrons. The Bertz CT molecular complexity index is 1260. The van der Waals surface area contributed by atoms with Crippen LogP contribution in [-0.2, 0) is 0 Å². The van der Waals surface area contributed by atoms with E-state index >= 15 is 0 Å². The third kappa shape index (κ3) is 2.70. The normalized spacial score (nSPS) is 11.9. The van der Waals surface area contributed by atoms with Gasteiger partial charge in [0.05, 0.1) is 19.7 Å². The zero-order chi connectivity index (χ0) is 20.0. The number of carbonyl (C=O) groups is 1. The van der Waals surface area contributed by atoms with Crippen LogP contribution in [0, 0.1) is 0 Å². The molecule has 5 heteroatoms. The summed E-state index contributed by atoms with van der Waals surface area (Å²) >= 11 is 0. The SMILES string of the molecule is COc1ccc(Nc2nc3ccccc3c3c2-c2ccc(OC)cc2C3=O)cc1. The van der Waals surface area contributed by atoms with E-state index in [0.717, 1.165) is 33.5 Å². The van der Waals surface area contributed by atoms with Crippen molar-refractivity contribution in [1.82, 2.24) is 4.98 Å². The van der Waals surface area contributed by atoms with Gasteiger partial charge in [-0.25, -0.2) is 4.98 Å². The van der Waals surface area contributed by atoms with Gasteiger partial charge in [0.25, 0.3) is 0 Å². The van der Waals surface area contributed by atoms with Gasteiger partial charge in [0.2, 0.25) is 0 Å². The number of nitrogens with one attached hydrogen (secondary N) is 1. The molecule has 1 aromatic heterocycles. The van der Waals surface area contributed by atoms with Crippen LogP contribution in [0.2, 0.25) is 0 Å². The summed E-state index contributed by atoms with van der Waals surface area (Å²) < 4.78 is 10.6. The Balaban J connectivity index is 1.73. The summed E-state index contributed by atoms with van der Waals surface area (Å²) in [5, 5.41) is 4.24. The predicted octanol–water partition coefficient (Wildman–Crippen LogP) is 5.21. The molecule has 0 atom stereocenters. The second-order valence-electron chi connectivity index (χ2n) is 6.82. The van der Waals surface area contributed by atoms with E-state index in [0.29, 0.717) is 22.7 Å². The van der Waals surface area contributed by atoms with Gasteiger partial charge in [-0.3, -0.25) is 4.79 Å². The molecular formula is C24H18N2O3. The molecule has 0 amide bonds. The Morgan fingerprint density at radius 1 is 0.793 bits per heavy atom. The first-order valence-electron chi connectivity index (χ1n) is 9.26. The number of para-hydroxylation sites is 1. The Kier molecular flexibility index (Phi) is 3.95. The van der Waals surface area contributed by atoms with Crippen LogP contribution in [0.1, 0.15) is 15.9 Å². The van der Waals surface area contributed by atoms with Crippen LogP contribution in [0.5, 0.6) is 11.5 Å². The summed E-state index contributed by atoms with van der Waals surface area (Å²) in [5.74, 6) is 2.08. The number of nitrogens with zero attached hydrogens (tertiary/aromatic N) is 1. The van der Waals surface area contributed by atoms with E-state index in [9.17, 15) is 4.79 Å². The molecule has 0 saturated heterocycles. The molecule has 5 rings (SSSR count). The highest BCUT2D eigenvalue weighted by Gasteiger charge is 2.32. The van der Waals surface area contributed by atoms with Crippen LogP contribution in [-0.4, -0.2) is 25.0 Å². The lowest BCUT2D eigenvalue weighted by molar-refractivity contribution is 0.104. The third-order valence-electron chi connectivity index (χ3n) is 5.21. The second-order valence-corrected chi connectivity index (χ2v) is 6.82. The van der Waals surface area contributed by atoms with Gasteiger partial charge < -0.3 is 14.8 Å². The summed E-state index contributed by atoms with van der Waals surface area (Å²) in [6.45, 7) is 0. The van der Waals surface area contributed by atoms with E-state index < -0.39 is 0 Å². The highest BCUT2D eigenvalue weighted by molar-refractivity contribution is 6.28. The Morgan fingerprint density at radius 3 is 2.28 bits per heavy atom. The summed E-state index contributed by atoms with van der Waals surface area (Å²) in [6.07, 6.45) is 0. The minimum Gasteiger partial charge on any atom is -0.497 e. The van der Waals surface area contributed by atoms with Crippen molar-refractivity contribution < 1.29 is 14.3 Å². The molecule has 0 spiro atoms. The van der Waals surface area contributed by atoms with Gasteiger partial charge in [0.1, 0.15) is 17.3 Å². The molecule has 1 N–H and O–H groups in total. The summed E-state index contributed by atoms with van der Waals surface area (Å²) in [5.41, 5.74) is 4.63. The average Bonchev–Trinajstić information content (AvgIpc) is 3.07. The first-order valence-corrected chi connectivity index (χ1v) is 9.26. The van der Waals surface area contributed by atoms with Gasteiger partial charge in [0, 0.05) is 27.8 Å². The molecule has 142 valence electrons. The van der Waals surface area contributed by atoms with Gasteiger partial charge in [-0.1, -0.05) is 18.2 Å². The lowest BCUT2D eigenvalue weighted by Crippen LogP contribution is -2.01. The Hall–Kier alpha value is -3.86. The highest BCUT2D eigenvalue weighted by atomic mass is 16.5. The predicted molar refractivity (Wildman–Crippen MR) is 113 cm³/mol. The van der Waals surface area contributed by atoms with Gasteiger partial charge in [0.15, 0.2) is 5.78 Å². The fraction of sp³-hybridized carbons (Fsp3) is 0.0833. The molecule has 0 saturated carbocycles. The van der Waals surface area contributed by atoms with Crippen molar-refractivity contribution >= 4 is 28.2 Å². The smallest absolute Gasteiger partial charge is 0.195 e. The van der Waals surface area contributed by atoms with Gasteiger partial charge in [-0.05, 0) is 54.1 Å². The van der Waals surface area contributed by atoms with Crippen molar-refractivity contribution in [2.75, 3.05) is 19.5 Å². The number of hydrogen-bond acceptors (Lipinski definition) is 5. The maximum atomic E-state index is 13.3. The minimum absolute atomic E-state index is 0.00900. The van der Waals surface area contributed by atoms with Crippen LogP contribution in [0.3, 0.4) is 0 Å². The van der Waals surface area contributed by atoms with Crippen molar-refractivity contribution in [3.63, 3.8) is 0 Å². The molecule has 1 aliphatic rings. The number of pyridine rings is 1. The lowest BCUT2D eigenvalue weighted by atomic mass is 10.0. The number of carbonyl (C=O) groups excluding carboxylic acids is 1. The molecule has 1 heterocycles. The van der Waals surface area contributed by atoms with E-state index in [1.807, 2.05) is 60.7 Å². The minimum atomic E-state index is -0.00900. The van der Waals surface area contributed by atoms with Crippen molar-refractivity contribution in [2.24, 2.45) is 0 Å². The number of ether oxygens (including phenoxy) is 2. The van der Waals surface area contributed by atoms with Crippen molar-refractivity contribution in [2.45, 2.75) is 0 Å². The van der Waals surface area contributed by atoms with E-state index in [4.69, 9.17) is 14.5 Å². The fourth-order valence-electron chi connectivity index (χ4n) is 3.80. The van der Waals surface area contributed by atoms with Crippen LogP contribution in [0.15, 0.2) is 66.7 Å². The van der Waals surface area contributed by atoms with Gasteiger partial charge >= 0.3 is 0 Å². The second kappa shape index (κ2) is 6.63. The number of rotatable bonds is 4. The Labute approximate surface area is 167 Å². The first-order chi connectivity index (χ1) is 14.2. The van der Waals surface area contributed by atoms with Crippen LogP contribution in [0.4, 0.5) is 11.5 Å².